The van der Waals surface area contributed by atoms with E-state index in [1.807, 2.05) is 60.7 Å². The van der Waals surface area contributed by atoms with Crippen LogP contribution in [0.2, 0.25) is 0 Å². The number of esters is 1. The molecule has 0 aliphatic heterocycles. The Labute approximate surface area is 153 Å². The fourth-order valence-electron chi connectivity index (χ4n) is 2.78. The Morgan fingerprint density at radius 1 is 1.15 bits per heavy atom. The van der Waals surface area contributed by atoms with Crippen LogP contribution in [0, 0.1) is 0 Å². The Bertz CT molecular complexity index is 934. The predicted octanol–water partition coefficient (Wildman–Crippen LogP) is 4.26. The molecule has 1 aromatic heterocycles. The van der Waals surface area contributed by atoms with Crippen molar-refractivity contribution in [3.8, 4) is 5.75 Å². The van der Waals surface area contributed by atoms with Gasteiger partial charge in [-0.2, -0.15) is 0 Å². The largest absolute Gasteiger partial charge is 0.487 e. The molecule has 0 bridgehead atoms. The van der Waals surface area contributed by atoms with Crippen molar-refractivity contribution < 1.29 is 14.3 Å². The van der Waals surface area contributed by atoms with E-state index in [4.69, 9.17) is 9.47 Å². The number of carbonyl (C=O) groups is 1. The fourth-order valence-corrected chi connectivity index (χ4v) is 2.78. The Kier molecular flexibility index (Phi) is 5.64. The van der Waals surface area contributed by atoms with Crippen LogP contribution in [0.5, 0.6) is 5.75 Å². The van der Waals surface area contributed by atoms with Gasteiger partial charge in [0.05, 0.1) is 24.7 Å². The smallest absolute Gasteiger partial charge is 0.309 e. The molecular weight excluding hydrogens is 326 g/mol. The Balaban J connectivity index is 1.76. The number of nitrogens with zero attached hydrogens (tertiary/aromatic N) is 1. The van der Waals surface area contributed by atoms with Gasteiger partial charge in [-0.3, -0.25) is 4.79 Å². The van der Waals surface area contributed by atoms with Crippen LogP contribution in [-0.2, 0) is 29.0 Å². The van der Waals surface area contributed by atoms with E-state index in [1.165, 1.54) is 7.11 Å². The zero-order valence-corrected chi connectivity index (χ0v) is 14.8. The summed E-state index contributed by atoms with van der Waals surface area (Å²) < 4.78 is 10.7. The van der Waals surface area contributed by atoms with Crippen LogP contribution in [0.4, 0.5) is 0 Å². The number of carbonyl (C=O) groups excluding carboxylic acids is 1. The van der Waals surface area contributed by atoms with Gasteiger partial charge in [0.1, 0.15) is 12.4 Å². The molecule has 0 N–H and O–H groups in total. The lowest BCUT2D eigenvalue weighted by Crippen LogP contribution is -2.06. The average Bonchev–Trinajstić information content (AvgIpc) is 2.67. The van der Waals surface area contributed by atoms with E-state index in [0.29, 0.717) is 13.0 Å². The number of aromatic nitrogens is 1. The summed E-state index contributed by atoms with van der Waals surface area (Å²) in [7, 11) is 1.39. The first kappa shape index (κ1) is 17.7. The van der Waals surface area contributed by atoms with E-state index < -0.39 is 0 Å². The zero-order chi connectivity index (χ0) is 18.4. The van der Waals surface area contributed by atoms with Crippen LogP contribution in [0.3, 0.4) is 0 Å². The predicted molar refractivity (Wildman–Crippen MR) is 102 cm³/mol. The van der Waals surface area contributed by atoms with Crippen molar-refractivity contribution in [3.05, 3.63) is 84.1 Å². The van der Waals surface area contributed by atoms with Crippen molar-refractivity contribution in [2.24, 2.45) is 0 Å². The molecule has 4 nitrogen and oxygen atoms in total. The van der Waals surface area contributed by atoms with Gasteiger partial charge < -0.3 is 9.47 Å². The maximum Gasteiger partial charge on any atom is 0.309 e. The second-order valence-corrected chi connectivity index (χ2v) is 5.97. The molecule has 0 amide bonds. The zero-order valence-electron chi connectivity index (χ0n) is 14.8. The minimum absolute atomic E-state index is 0.243. The first-order valence-electron chi connectivity index (χ1n) is 8.46. The number of methoxy groups -OCH3 is 1. The summed E-state index contributed by atoms with van der Waals surface area (Å²) in [5.74, 6) is 0.511. The summed E-state index contributed by atoms with van der Waals surface area (Å²) in [6.07, 6.45) is 2.72. The number of benzene rings is 2. The van der Waals surface area contributed by atoms with E-state index in [0.717, 1.165) is 33.5 Å². The minimum atomic E-state index is -0.261. The number of allylic oxidation sites excluding steroid dienone is 1. The second-order valence-electron chi connectivity index (χ2n) is 5.97. The lowest BCUT2D eigenvalue weighted by Gasteiger charge is -2.12. The number of ether oxygens (including phenoxy) is 2. The van der Waals surface area contributed by atoms with Gasteiger partial charge in [-0.25, -0.2) is 4.98 Å². The van der Waals surface area contributed by atoms with E-state index in [1.54, 1.807) is 0 Å². The number of hydrogen-bond acceptors (Lipinski definition) is 4. The van der Waals surface area contributed by atoms with Gasteiger partial charge in [0, 0.05) is 5.39 Å². The number of fused-ring (bicyclic) bond motifs is 1. The first-order valence-corrected chi connectivity index (χ1v) is 8.46. The van der Waals surface area contributed by atoms with Crippen molar-refractivity contribution in [1.29, 1.82) is 0 Å². The molecule has 0 atom stereocenters. The maximum atomic E-state index is 11.5. The van der Waals surface area contributed by atoms with E-state index >= 15 is 0 Å². The van der Waals surface area contributed by atoms with E-state index in [2.05, 4.69) is 11.6 Å². The minimum Gasteiger partial charge on any atom is -0.487 e. The standard InChI is InChI=1S/C22H21NO3/c1-3-6-18-13-16(14-22(24)25-2)9-12-21(18)26-15-19-11-10-17-7-4-5-8-20(17)23-19/h3-5,7-13H,1,6,14-15H2,2H3. The molecule has 26 heavy (non-hydrogen) atoms. The Morgan fingerprint density at radius 3 is 2.81 bits per heavy atom. The van der Waals surface area contributed by atoms with Gasteiger partial charge >= 0.3 is 5.97 Å². The maximum absolute atomic E-state index is 11.5. The highest BCUT2D eigenvalue weighted by Crippen LogP contribution is 2.23. The van der Waals surface area contributed by atoms with Crippen molar-refractivity contribution >= 4 is 16.9 Å². The molecule has 132 valence electrons. The first-order chi connectivity index (χ1) is 12.7. The highest BCUT2D eigenvalue weighted by atomic mass is 16.5. The molecule has 0 unspecified atom stereocenters. The van der Waals surface area contributed by atoms with Crippen LogP contribution in [0.15, 0.2) is 67.3 Å². The molecule has 0 aliphatic carbocycles. The normalized spacial score (nSPS) is 10.5. The van der Waals surface area contributed by atoms with Gasteiger partial charge in [0.15, 0.2) is 0 Å². The van der Waals surface area contributed by atoms with Gasteiger partial charge in [0.2, 0.25) is 0 Å². The summed E-state index contributed by atoms with van der Waals surface area (Å²) in [6, 6.07) is 17.7. The van der Waals surface area contributed by atoms with Crippen molar-refractivity contribution in [2.45, 2.75) is 19.4 Å². The van der Waals surface area contributed by atoms with Crippen molar-refractivity contribution in [1.82, 2.24) is 4.98 Å². The molecule has 0 fully saturated rings. The molecule has 0 spiro atoms. The van der Waals surface area contributed by atoms with Crippen LogP contribution in [0.25, 0.3) is 10.9 Å². The molecule has 0 radical (unpaired) electrons. The number of hydrogen-bond donors (Lipinski definition) is 0. The highest BCUT2D eigenvalue weighted by Gasteiger charge is 2.09. The summed E-state index contributed by atoms with van der Waals surface area (Å²) >= 11 is 0. The lowest BCUT2D eigenvalue weighted by atomic mass is 10.0. The molecular formula is C22H21NO3. The third kappa shape index (κ3) is 4.28. The van der Waals surface area contributed by atoms with E-state index in [9.17, 15) is 4.79 Å². The summed E-state index contributed by atoms with van der Waals surface area (Å²) in [4.78, 5) is 16.1. The third-order valence-electron chi connectivity index (χ3n) is 4.10. The monoisotopic (exact) mass is 347 g/mol. The summed E-state index contributed by atoms with van der Waals surface area (Å²) in [6.45, 7) is 4.18. The van der Waals surface area contributed by atoms with Crippen molar-refractivity contribution in [2.75, 3.05) is 7.11 Å². The number of para-hydroxylation sites is 1. The topological polar surface area (TPSA) is 48.4 Å². The molecule has 4 heteroatoms. The second kappa shape index (κ2) is 8.30. The summed E-state index contributed by atoms with van der Waals surface area (Å²) in [5, 5.41) is 1.11. The Hall–Kier alpha value is -3.14. The highest BCUT2D eigenvalue weighted by molar-refractivity contribution is 5.78. The number of rotatable bonds is 7. The van der Waals surface area contributed by atoms with E-state index in [-0.39, 0.29) is 12.4 Å². The van der Waals surface area contributed by atoms with Crippen LogP contribution in [-0.4, -0.2) is 18.1 Å². The van der Waals surface area contributed by atoms with Gasteiger partial charge in [-0.05, 0) is 35.7 Å². The van der Waals surface area contributed by atoms with Crippen LogP contribution < -0.4 is 4.74 Å². The molecule has 1 heterocycles. The molecule has 0 saturated carbocycles. The van der Waals surface area contributed by atoms with Gasteiger partial charge in [-0.1, -0.05) is 42.5 Å². The molecule has 3 rings (SSSR count). The fraction of sp³-hybridized carbons (Fsp3) is 0.182. The number of pyridine rings is 1. The van der Waals surface area contributed by atoms with Crippen LogP contribution >= 0.6 is 0 Å². The molecule has 3 aromatic rings. The molecule has 2 aromatic carbocycles. The van der Waals surface area contributed by atoms with Gasteiger partial charge in [-0.15, -0.1) is 6.58 Å². The van der Waals surface area contributed by atoms with Crippen molar-refractivity contribution in [3.63, 3.8) is 0 Å². The van der Waals surface area contributed by atoms with Gasteiger partial charge in [0.25, 0.3) is 0 Å². The quantitative estimate of drug-likeness (QED) is 0.473. The average molecular weight is 347 g/mol. The molecule has 0 saturated heterocycles. The summed E-state index contributed by atoms with van der Waals surface area (Å²) in [5.41, 5.74) is 3.70. The van der Waals surface area contributed by atoms with Crippen LogP contribution in [0.1, 0.15) is 16.8 Å². The SMILES string of the molecule is C=CCc1cc(CC(=O)OC)ccc1OCc1ccc2ccccc2n1. The third-order valence-corrected chi connectivity index (χ3v) is 4.10. The lowest BCUT2D eigenvalue weighted by molar-refractivity contribution is -0.139. The molecule has 0 aliphatic rings. The Morgan fingerprint density at radius 2 is 2.00 bits per heavy atom.